The van der Waals surface area contributed by atoms with E-state index in [0.717, 1.165) is 23.7 Å². The molecular weight excluding hydrogens is 360 g/mol. The Labute approximate surface area is 146 Å². The van der Waals surface area contributed by atoms with E-state index in [9.17, 15) is 4.79 Å². The van der Waals surface area contributed by atoms with E-state index in [1.54, 1.807) is 0 Å². The molecule has 0 heterocycles. The van der Waals surface area contributed by atoms with Crippen molar-refractivity contribution in [2.75, 3.05) is 19.5 Å². The lowest BCUT2D eigenvalue weighted by Crippen LogP contribution is -2.24. The predicted octanol–water partition coefficient (Wildman–Crippen LogP) is 4.85. The van der Waals surface area contributed by atoms with Crippen molar-refractivity contribution in [1.82, 2.24) is 0 Å². The maximum atomic E-state index is 12.4. The predicted molar refractivity (Wildman–Crippen MR) is 96.8 cm³/mol. The normalized spacial score (nSPS) is 11.6. The Morgan fingerprint density at radius 1 is 1.17 bits per heavy atom. The summed E-state index contributed by atoms with van der Waals surface area (Å²) in [6, 6.07) is 3.62. The maximum Gasteiger partial charge on any atom is 0.346 e. The summed E-state index contributed by atoms with van der Waals surface area (Å²) in [6.45, 7) is 5.47. The third-order valence-corrected chi connectivity index (χ3v) is 3.51. The fourth-order valence-corrected chi connectivity index (χ4v) is 2.30. The number of hydrogen-bond acceptors (Lipinski definition) is 4. The first-order chi connectivity index (χ1) is 10.8. The third-order valence-electron chi connectivity index (χ3n) is 2.95. The van der Waals surface area contributed by atoms with Gasteiger partial charge in [-0.25, -0.2) is 4.79 Å². The molecule has 0 atom stereocenters. The molecule has 0 spiro atoms. The van der Waals surface area contributed by atoms with E-state index in [2.05, 4.69) is 22.0 Å². The molecule has 0 saturated carbocycles. The Bertz CT molecular complexity index is 534. The lowest BCUT2D eigenvalue weighted by atomic mass is 10.1. The number of esters is 1. The van der Waals surface area contributed by atoms with Gasteiger partial charge in [-0.3, -0.25) is 0 Å². The molecule has 0 radical (unpaired) electrons. The summed E-state index contributed by atoms with van der Waals surface area (Å²) in [5.41, 5.74) is 0.643. The lowest BCUT2D eigenvalue weighted by Gasteiger charge is -2.21. The number of allylic oxidation sites excluding steroid dienone is 1. The van der Waals surface area contributed by atoms with Crippen LogP contribution in [0.1, 0.15) is 49.5 Å². The molecule has 0 saturated heterocycles. The number of benzene rings is 1. The second-order valence-electron chi connectivity index (χ2n) is 6.04. The zero-order valence-corrected chi connectivity index (χ0v) is 16.0. The first-order valence-corrected chi connectivity index (χ1v) is 8.66. The Morgan fingerprint density at radius 2 is 1.74 bits per heavy atom. The van der Waals surface area contributed by atoms with E-state index in [1.165, 1.54) is 14.2 Å². The van der Waals surface area contributed by atoms with Crippen LogP contribution < -0.4 is 9.47 Å². The summed E-state index contributed by atoms with van der Waals surface area (Å²) < 4.78 is 16.2. The average Bonchev–Trinajstić information content (AvgIpc) is 2.48. The van der Waals surface area contributed by atoms with Crippen LogP contribution in [0.15, 0.2) is 18.2 Å². The van der Waals surface area contributed by atoms with Gasteiger partial charge < -0.3 is 14.2 Å². The fourth-order valence-electron chi connectivity index (χ4n) is 1.97. The van der Waals surface area contributed by atoms with Crippen LogP contribution in [0, 0.1) is 0 Å². The number of methoxy groups -OCH3 is 2. The van der Waals surface area contributed by atoms with E-state index in [1.807, 2.05) is 39.0 Å². The Balaban J connectivity index is 3.16. The van der Waals surface area contributed by atoms with Crippen molar-refractivity contribution in [3.63, 3.8) is 0 Å². The first-order valence-electron chi connectivity index (χ1n) is 7.54. The molecule has 0 aliphatic heterocycles. The van der Waals surface area contributed by atoms with E-state index >= 15 is 0 Å². The highest BCUT2D eigenvalue weighted by atomic mass is 79.9. The molecule has 1 rings (SSSR count). The minimum atomic E-state index is -0.582. The Kier molecular flexibility index (Phi) is 7.62. The smallest absolute Gasteiger partial charge is 0.346 e. The number of carbonyl (C=O) groups is 1. The number of alkyl halides is 1. The quantitative estimate of drug-likeness (QED) is 0.383. The monoisotopic (exact) mass is 384 g/mol. The molecule has 0 N–H and O–H groups in total. The summed E-state index contributed by atoms with van der Waals surface area (Å²) in [4.78, 5) is 12.4. The number of halogens is 1. The van der Waals surface area contributed by atoms with Gasteiger partial charge in [-0.2, -0.15) is 0 Å². The third kappa shape index (κ3) is 6.26. The van der Waals surface area contributed by atoms with Gasteiger partial charge in [0.15, 0.2) is 0 Å². The standard InChI is InChI=1S/C18H25BrO4/c1-18(2,3)23-17(20)16-14(21-4)11-13(12-15(16)22-5)9-7-6-8-10-19/h7,9,11-12H,6,8,10H2,1-5H3/b9-7+. The highest BCUT2D eigenvalue weighted by Gasteiger charge is 2.25. The molecule has 0 bridgehead atoms. The van der Waals surface area contributed by atoms with Gasteiger partial charge in [-0.15, -0.1) is 0 Å². The topological polar surface area (TPSA) is 44.8 Å². The molecule has 4 nitrogen and oxygen atoms in total. The van der Waals surface area contributed by atoms with Gasteiger partial charge in [0.25, 0.3) is 0 Å². The van der Waals surface area contributed by atoms with Crippen LogP contribution in [0.25, 0.3) is 6.08 Å². The molecule has 1 aromatic rings. The van der Waals surface area contributed by atoms with Crippen molar-refractivity contribution in [1.29, 1.82) is 0 Å². The van der Waals surface area contributed by atoms with Crippen LogP contribution >= 0.6 is 15.9 Å². The molecule has 0 aliphatic carbocycles. The highest BCUT2D eigenvalue weighted by Crippen LogP contribution is 2.33. The summed E-state index contributed by atoms with van der Waals surface area (Å²) in [6.07, 6.45) is 6.12. The van der Waals surface area contributed by atoms with Gasteiger partial charge in [0.05, 0.1) is 14.2 Å². The molecule has 1 aromatic carbocycles. The maximum absolute atomic E-state index is 12.4. The van der Waals surface area contributed by atoms with Crippen molar-refractivity contribution in [2.24, 2.45) is 0 Å². The molecule has 128 valence electrons. The molecule has 23 heavy (non-hydrogen) atoms. The van der Waals surface area contributed by atoms with Crippen LogP contribution in [-0.4, -0.2) is 31.1 Å². The molecule has 0 fully saturated rings. The van der Waals surface area contributed by atoms with E-state index < -0.39 is 11.6 Å². The minimum Gasteiger partial charge on any atom is -0.496 e. The van der Waals surface area contributed by atoms with Crippen molar-refractivity contribution >= 4 is 28.0 Å². The number of ether oxygens (including phenoxy) is 3. The minimum absolute atomic E-state index is 0.308. The Hall–Kier alpha value is -1.49. The van der Waals surface area contributed by atoms with Crippen LogP contribution in [-0.2, 0) is 4.74 Å². The van der Waals surface area contributed by atoms with E-state index in [4.69, 9.17) is 14.2 Å². The van der Waals surface area contributed by atoms with Gasteiger partial charge in [0, 0.05) is 5.33 Å². The summed E-state index contributed by atoms with van der Waals surface area (Å²) in [5.74, 6) is 0.429. The molecule has 0 amide bonds. The number of rotatable bonds is 7. The Morgan fingerprint density at radius 3 is 2.17 bits per heavy atom. The van der Waals surface area contributed by atoms with Gasteiger partial charge in [-0.05, 0) is 51.3 Å². The SMILES string of the molecule is COc1cc(/C=C/CCCBr)cc(OC)c1C(=O)OC(C)(C)C. The van der Waals surface area contributed by atoms with Crippen LogP contribution in [0.2, 0.25) is 0 Å². The second-order valence-corrected chi connectivity index (χ2v) is 6.83. The average molecular weight is 385 g/mol. The molecule has 0 aliphatic rings. The van der Waals surface area contributed by atoms with Crippen molar-refractivity contribution < 1.29 is 19.0 Å². The van der Waals surface area contributed by atoms with Crippen LogP contribution in [0.4, 0.5) is 0 Å². The van der Waals surface area contributed by atoms with Crippen molar-refractivity contribution in [2.45, 2.75) is 39.2 Å². The number of carbonyl (C=O) groups excluding carboxylic acids is 1. The zero-order chi connectivity index (χ0) is 17.5. The molecular formula is C18H25BrO4. The fraction of sp³-hybridized carbons (Fsp3) is 0.500. The molecule has 0 aromatic heterocycles. The van der Waals surface area contributed by atoms with Crippen LogP contribution in [0.5, 0.6) is 11.5 Å². The summed E-state index contributed by atoms with van der Waals surface area (Å²) >= 11 is 3.41. The summed E-state index contributed by atoms with van der Waals surface area (Å²) in [7, 11) is 3.06. The van der Waals surface area contributed by atoms with Gasteiger partial charge in [-0.1, -0.05) is 28.1 Å². The molecule has 5 heteroatoms. The van der Waals surface area contributed by atoms with Crippen molar-refractivity contribution in [3.05, 3.63) is 29.3 Å². The zero-order valence-electron chi connectivity index (χ0n) is 14.4. The second kappa shape index (κ2) is 8.96. The van der Waals surface area contributed by atoms with Crippen molar-refractivity contribution in [3.8, 4) is 11.5 Å². The largest absolute Gasteiger partial charge is 0.496 e. The van der Waals surface area contributed by atoms with Gasteiger partial charge in [0.2, 0.25) is 0 Å². The van der Waals surface area contributed by atoms with Gasteiger partial charge >= 0.3 is 5.97 Å². The van der Waals surface area contributed by atoms with Gasteiger partial charge in [0.1, 0.15) is 22.7 Å². The highest BCUT2D eigenvalue weighted by molar-refractivity contribution is 9.09. The first kappa shape index (κ1) is 19.6. The van der Waals surface area contributed by atoms with E-state index in [-0.39, 0.29) is 0 Å². The lowest BCUT2D eigenvalue weighted by molar-refractivity contribution is 0.00634. The van der Waals surface area contributed by atoms with Crippen LogP contribution in [0.3, 0.4) is 0 Å². The summed E-state index contributed by atoms with van der Waals surface area (Å²) in [5, 5.41) is 0.974. The number of unbranched alkanes of at least 4 members (excludes halogenated alkanes) is 1. The molecule has 0 unspecified atom stereocenters. The number of hydrogen-bond donors (Lipinski definition) is 0. The van der Waals surface area contributed by atoms with E-state index in [0.29, 0.717) is 17.1 Å².